The van der Waals surface area contributed by atoms with Gasteiger partial charge in [0.15, 0.2) is 0 Å². The van der Waals surface area contributed by atoms with Crippen molar-refractivity contribution >= 4 is 29.4 Å². The Bertz CT molecular complexity index is 1120. The van der Waals surface area contributed by atoms with Gasteiger partial charge in [-0.1, -0.05) is 30.0 Å². The van der Waals surface area contributed by atoms with Crippen molar-refractivity contribution in [3.8, 4) is 11.8 Å². The van der Waals surface area contributed by atoms with Crippen molar-refractivity contribution in [3.63, 3.8) is 0 Å². The van der Waals surface area contributed by atoms with E-state index in [2.05, 4.69) is 11.8 Å². The van der Waals surface area contributed by atoms with Crippen LogP contribution in [0.2, 0.25) is 0 Å². The van der Waals surface area contributed by atoms with Gasteiger partial charge < -0.3 is 21.1 Å². The van der Waals surface area contributed by atoms with Gasteiger partial charge in [0, 0.05) is 36.7 Å². The number of nitrogens with one attached hydrogen (secondary N) is 1. The van der Waals surface area contributed by atoms with E-state index in [4.69, 9.17) is 21.6 Å². The summed E-state index contributed by atoms with van der Waals surface area (Å²) in [4.78, 5) is 39.4. The molecule has 1 amide bonds. The molecule has 0 aromatic heterocycles. The minimum Gasteiger partial charge on any atom is -0.392 e. The minimum absolute atomic E-state index is 0.0747. The van der Waals surface area contributed by atoms with E-state index in [0.717, 1.165) is 12.5 Å². The number of benzene rings is 2. The maximum absolute atomic E-state index is 13.5. The lowest BCUT2D eigenvalue weighted by Gasteiger charge is -2.39. The van der Waals surface area contributed by atoms with Gasteiger partial charge in [-0.2, -0.15) is 0 Å². The van der Waals surface area contributed by atoms with E-state index in [0.29, 0.717) is 30.6 Å². The third-order valence-corrected chi connectivity index (χ3v) is 5.55. The van der Waals surface area contributed by atoms with Gasteiger partial charge in [0.25, 0.3) is 0 Å². The number of esters is 2. The summed E-state index contributed by atoms with van der Waals surface area (Å²) in [6.45, 7) is 1.56. The van der Waals surface area contributed by atoms with Crippen molar-refractivity contribution in [2.24, 2.45) is 17.4 Å². The van der Waals surface area contributed by atoms with E-state index >= 15 is 0 Å². The van der Waals surface area contributed by atoms with Crippen LogP contribution < -0.4 is 16.4 Å². The molecule has 8 nitrogen and oxygen atoms in total. The first kappa shape index (κ1) is 23.7. The van der Waals surface area contributed by atoms with Gasteiger partial charge in [0.1, 0.15) is 11.4 Å². The first-order valence-corrected chi connectivity index (χ1v) is 10.5. The predicted octanol–water partition coefficient (Wildman–Crippen LogP) is 1.94. The molecule has 8 heteroatoms. The average molecular weight is 447 g/mol. The fraction of sp³-hybridized carbons (Fsp3) is 0.280. The van der Waals surface area contributed by atoms with Gasteiger partial charge in [-0.05, 0) is 49.2 Å². The molecule has 0 spiro atoms. The Labute approximate surface area is 192 Å². The highest BCUT2D eigenvalue weighted by molar-refractivity contribution is 6.02. The number of ether oxygens (including phenoxy) is 1. The standard InChI is InChI=1S/C25H26N4O4/c1-17(30)33-24(32)25(28,15-5-9-18-7-3-2-4-8-18)21-10-6-16-29(23(21)31)20-13-11-19(12-14-20)22(26)27/h2-4,7-8,11-14,21H,6,10,15-16,28H2,1H3,(H3,26,27). The second kappa shape index (κ2) is 10.1. The maximum Gasteiger partial charge on any atom is 0.335 e. The van der Waals surface area contributed by atoms with E-state index in [1.807, 2.05) is 30.3 Å². The second-order valence-electron chi connectivity index (χ2n) is 7.91. The van der Waals surface area contributed by atoms with Crippen LogP contribution in [0.4, 0.5) is 5.69 Å². The lowest BCUT2D eigenvalue weighted by atomic mass is 9.76. The van der Waals surface area contributed by atoms with Crippen LogP contribution in [-0.4, -0.2) is 35.8 Å². The highest BCUT2D eigenvalue weighted by atomic mass is 16.6. The zero-order valence-electron chi connectivity index (χ0n) is 18.3. The van der Waals surface area contributed by atoms with Crippen molar-refractivity contribution in [2.45, 2.75) is 31.7 Å². The molecule has 170 valence electrons. The van der Waals surface area contributed by atoms with Gasteiger partial charge in [0.2, 0.25) is 5.91 Å². The number of nitrogens with two attached hydrogens (primary N) is 2. The van der Waals surface area contributed by atoms with Gasteiger partial charge in [-0.3, -0.25) is 15.0 Å². The maximum atomic E-state index is 13.5. The van der Waals surface area contributed by atoms with Crippen molar-refractivity contribution < 1.29 is 19.1 Å². The zero-order chi connectivity index (χ0) is 24.0. The lowest BCUT2D eigenvalue weighted by molar-refractivity contribution is -0.165. The number of nitrogen functional groups attached to an aromatic ring is 1. The number of hydrogen-bond acceptors (Lipinski definition) is 6. The monoisotopic (exact) mass is 446 g/mol. The first-order valence-electron chi connectivity index (χ1n) is 10.5. The summed E-state index contributed by atoms with van der Waals surface area (Å²) in [5, 5.41) is 7.52. The van der Waals surface area contributed by atoms with E-state index < -0.39 is 23.4 Å². The van der Waals surface area contributed by atoms with E-state index in [1.54, 1.807) is 29.2 Å². The van der Waals surface area contributed by atoms with Crippen LogP contribution in [0.3, 0.4) is 0 Å². The molecule has 0 bridgehead atoms. The average Bonchev–Trinajstić information content (AvgIpc) is 2.79. The van der Waals surface area contributed by atoms with Crippen LogP contribution >= 0.6 is 0 Å². The number of amides is 1. The number of carbonyl (C=O) groups excluding carboxylic acids is 3. The molecule has 2 unspecified atom stereocenters. The normalized spacial score (nSPS) is 17.3. The Kier molecular flexibility index (Phi) is 7.26. The third kappa shape index (κ3) is 5.45. The number of piperidine rings is 1. The molecule has 1 aliphatic heterocycles. The molecule has 1 saturated heterocycles. The predicted molar refractivity (Wildman–Crippen MR) is 124 cm³/mol. The molecule has 5 N–H and O–H groups in total. The number of nitrogens with zero attached hydrogens (tertiary/aromatic N) is 1. The summed E-state index contributed by atoms with van der Waals surface area (Å²) >= 11 is 0. The molecule has 3 rings (SSSR count). The Morgan fingerprint density at radius 1 is 1.18 bits per heavy atom. The van der Waals surface area contributed by atoms with E-state index in [1.165, 1.54) is 0 Å². The lowest BCUT2D eigenvalue weighted by Crippen LogP contribution is -2.61. The van der Waals surface area contributed by atoms with Crippen molar-refractivity contribution in [3.05, 3.63) is 65.7 Å². The van der Waals surface area contributed by atoms with Gasteiger partial charge in [-0.25, -0.2) is 4.79 Å². The fourth-order valence-corrected chi connectivity index (χ4v) is 3.81. The third-order valence-electron chi connectivity index (χ3n) is 5.55. The van der Waals surface area contributed by atoms with Crippen LogP contribution in [0.25, 0.3) is 0 Å². The summed E-state index contributed by atoms with van der Waals surface area (Å²) in [5.74, 6) is 2.73. The smallest absolute Gasteiger partial charge is 0.335 e. The highest BCUT2D eigenvalue weighted by Crippen LogP contribution is 2.33. The molecular formula is C25H26N4O4. The van der Waals surface area contributed by atoms with Gasteiger partial charge in [0.05, 0.1) is 5.92 Å². The number of carbonyl (C=O) groups is 3. The van der Waals surface area contributed by atoms with E-state index in [9.17, 15) is 14.4 Å². The molecule has 2 aromatic rings. The molecule has 1 fully saturated rings. The quantitative estimate of drug-likeness (QED) is 0.211. The van der Waals surface area contributed by atoms with Crippen molar-refractivity contribution in [1.82, 2.24) is 0 Å². The summed E-state index contributed by atoms with van der Waals surface area (Å²) in [6.07, 6.45) is 0.808. The molecule has 0 radical (unpaired) electrons. The topological polar surface area (TPSA) is 140 Å². The second-order valence-corrected chi connectivity index (χ2v) is 7.91. The zero-order valence-corrected chi connectivity index (χ0v) is 18.3. The van der Waals surface area contributed by atoms with Crippen LogP contribution in [-0.2, 0) is 19.1 Å². The molecule has 33 heavy (non-hydrogen) atoms. The summed E-state index contributed by atoms with van der Waals surface area (Å²) in [6, 6.07) is 15.9. The summed E-state index contributed by atoms with van der Waals surface area (Å²) in [7, 11) is 0. The van der Waals surface area contributed by atoms with Crippen molar-refractivity contribution in [1.29, 1.82) is 5.41 Å². The number of anilines is 1. The largest absolute Gasteiger partial charge is 0.392 e. The van der Waals surface area contributed by atoms with Crippen LogP contribution in [0.5, 0.6) is 0 Å². The van der Waals surface area contributed by atoms with Crippen LogP contribution in [0.1, 0.15) is 37.3 Å². The Balaban J connectivity index is 1.90. The number of hydrogen-bond donors (Lipinski definition) is 3. The first-order chi connectivity index (χ1) is 15.7. The van der Waals surface area contributed by atoms with E-state index in [-0.39, 0.29) is 18.2 Å². The van der Waals surface area contributed by atoms with Crippen LogP contribution in [0.15, 0.2) is 54.6 Å². The molecule has 2 atom stereocenters. The molecule has 1 aliphatic rings. The van der Waals surface area contributed by atoms with Crippen LogP contribution in [0, 0.1) is 23.2 Å². The summed E-state index contributed by atoms with van der Waals surface area (Å²) in [5.41, 5.74) is 12.1. The van der Waals surface area contributed by atoms with Crippen molar-refractivity contribution in [2.75, 3.05) is 11.4 Å². The minimum atomic E-state index is -1.79. The Morgan fingerprint density at radius 2 is 1.85 bits per heavy atom. The molecule has 2 aromatic carbocycles. The van der Waals surface area contributed by atoms with Gasteiger partial charge >= 0.3 is 11.9 Å². The molecular weight excluding hydrogens is 420 g/mol. The van der Waals surface area contributed by atoms with Gasteiger partial charge in [-0.15, -0.1) is 0 Å². The Morgan fingerprint density at radius 3 is 2.45 bits per heavy atom. The SMILES string of the molecule is CC(=O)OC(=O)C(N)(CC#Cc1ccccc1)C1CCCN(c2ccc(C(=N)N)cc2)C1=O. The Hall–Kier alpha value is -3.96. The molecule has 0 saturated carbocycles. The fourth-order valence-electron chi connectivity index (χ4n) is 3.81. The summed E-state index contributed by atoms with van der Waals surface area (Å²) < 4.78 is 4.82. The highest BCUT2D eigenvalue weighted by Gasteiger charge is 2.50. The number of rotatable bonds is 5. The number of amidine groups is 1. The molecule has 1 heterocycles. The molecule has 0 aliphatic carbocycles.